The highest BCUT2D eigenvalue weighted by Gasteiger charge is 2.40. The second-order valence-corrected chi connectivity index (χ2v) is 13.8. The first kappa shape index (κ1) is 24.2. The summed E-state index contributed by atoms with van der Waals surface area (Å²) in [5, 5.41) is 0. The summed E-state index contributed by atoms with van der Waals surface area (Å²) in [5.74, 6) is 3.99. The van der Waals surface area contributed by atoms with Crippen LogP contribution in [-0.4, -0.2) is 71.6 Å². The SMILES string of the molecule is CC1CCCC2C(CC3CCC4CCC(CC5CCCN6CCCCC56)CN4C3)CCCCN12. The Morgan fingerprint density at radius 1 is 0.529 bits per heavy atom. The minimum atomic E-state index is 0.845. The van der Waals surface area contributed by atoms with Gasteiger partial charge in [-0.25, -0.2) is 0 Å². The quantitative estimate of drug-likeness (QED) is 0.461. The second-order valence-electron chi connectivity index (χ2n) is 13.8. The number of nitrogens with zero attached hydrogens (tertiary/aromatic N) is 3. The van der Waals surface area contributed by atoms with Crippen molar-refractivity contribution in [3.8, 4) is 0 Å². The van der Waals surface area contributed by atoms with E-state index in [0.29, 0.717) is 0 Å². The normalized spacial score (nSPS) is 45.1. The summed E-state index contributed by atoms with van der Waals surface area (Å²) in [6, 6.07) is 3.65. The molecule has 6 aliphatic rings. The van der Waals surface area contributed by atoms with E-state index in [0.717, 1.165) is 47.8 Å². The average Bonchev–Trinajstić information content (AvgIpc) is 3.07. The molecule has 6 rings (SSSR count). The highest BCUT2D eigenvalue weighted by molar-refractivity contribution is 4.94. The van der Waals surface area contributed by atoms with Gasteiger partial charge in [0.05, 0.1) is 0 Å². The molecule has 0 aromatic carbocycles. The molecule has 0 aromatic heterocycles. The van der Waals surface area contributed by atoms with Crippen LogP contribution in [0.4, 0.5) is 0 Å². The molecular weight excluding hydrogens is 414 g/mol. The summed E-state index contributed by atoms with van der Waals surface area (Å²) in [7, 11) is 0. The third kappa shape index (κ3) is 5.28. The van der Waals surface area contributed by atoms with Crippen LogP contribution in [0.3, 0.4) is 0 Å². The van der Waals surface area contributed by atoms with Crippen LogP contribution in [0.5, 0.6) is 0 Å². The van der Waals surface area contributed by atoms with E-state index < -0.39 is 0 Å². The maximum atomic E-state index is 3.03. The number of piperidine rings is 5. The van der Waals surface area contributed by atoms with E-state index in [-0.39, 0.29) is 0 Å². The van der Waals surface area contributed by atoms with Gasteiger partial charge >= 0.3 is 0 Å². The monoisotopic (exact) mass is 469 g/mol. The fourth-order valence-corrected chi connectivity index (χ4v) is 10.0. The molecule has 6 heterocycles. The summed E-state index contributed by atoms with van der Waals surface area (Å²) in [5.41, 5.74) is 0. The summed E-state index contributed by atoms with van der Waals surface area (Å²) in [6.45, 7) is 9.61. The lowest BCUT2D eigenvalue weighted by Crippen LogP contribution is -2.52. The Kier molecular flexibility index (Phi) is 7.91. The van der Waals surface area contributed by atoms with Crippen LogP contribution >= 0.6 is 0 Å². The zero-order valence-electron chi connectivity index (χ0n) is 22.5. The van der Waals surface area contributed by atoms with Crippen LogP contribution < -0.4 is 0 Å². The second kappa shape index (κ2) is 11.1. The molecule has 8 atom stereocenters. The summed E-state index contributed by atoms with van der Waals surface area (Å²) in [6.07, 6.45) is 25.5. The third-order valence-electron chi connectivity index (χ3n) is 11.7. The van der Waals surface area contributed by atoms with Crippen LogP contribution in [0, 0.1) is 23.7 Å². The number of rotatable bonds is 4. The van der Waals surface area contributed by atoms with Crippen molar-refractivity contribution in [1.29, 1.82) is 0 Å². The Labute approximate surface area is 211 Å². The molecule has 194 valence electrons. The lowest BCUT2D eigenvalue weighted by atomic mass is 9.74. The topological polar surface area (TPSA) is 9.72 Å². The van der Waals surface area contributed by atoms with Crippen LogP contribution in [-0.2, 0) is 0 Å². The van der Waals surface area contributed by atoms with Crippen molar-refractivity contribution >= 4 is 0 Å². The Balaban J connectivity index is 1.04. The van der Waals surface area contributed by atoms with E-state index in [9.17, 15) is 0 Å². The molecule has 6 fully saturated rings. The molecule has 0 saturated carbocycles. The Hall–Kier alpha value is -0.120. The van der Waals surface area contributed by atoms with E-state index >= 15 is 0 Å². The molecule has 3 heteroatoms. The van der Waals surface area contributed by atoms with Crippen molar-refractivity contribution in [2.45, 2.75) is 140 Å². The number of hydrogen-bond acceptors (Lipinski definition) is 3. The van der Waals surface area contributed by atoms with Gasteiger partial charge in [0.25, 0.3) is 0 Å². The standard InChI is InChI=1S/C31H55N3/c1-24-8-6-12-31-28(9-2-5-19-34(24)31)21-26-14-16-29-15-13-25(22-33(29)23-26)20-27-10-7-18-32-17-4-3-11-30(27)32/h24-31H,2-23H2,1H3. The number of hydrogen-bond donors (Lipinski definition) is 0. The zero-order valence-corrected chi connectivity index (χ0v) is 22.5. The van der Waals surface area contributed by atoms with Gasteiger partial charge in [-0.15, -0.1) is 0 Å². The van der Waals surface area contributed by atoms with Crippen LogP contribution in [0.1, 0.15) is 116 Å². The largest absolute Gasteiger partial charge is 0.300 e. The maximum absolute atomic E-state index is 3.03. The van der Waals surface area contributed by atoms with E-state index in [1.807, 2.05) is 0 Å². The molecule has 0 radical (unpaired) electrons. The summed E-state index contributed by atoms with van der Waals surface area (Å²) < 4.78 is 0. The van der Waals surface area contributed by atoms with Crippen molar-refractivity contribution < 1.29 is 0 Å². The molecule has 0 bridgehead atoms. The van der Waals surface area contributed by atoms with Gasteiger partial charge in [-0.1, -0.05) is 19.3 Å². The minimum absolute atomic E-state index is 0.845. The first-order valence-electron chi connectivity index (χ1n) is 16.0. The van der Waals surface area contributed by atoms with Crippen molar-refractivity contribution in [2.75, 3.05) is 32.7 Å². The summed E-state index contributed by atoms with van der Waals surface area (Å²) in [4.78, 5) is 8.88. The molecule has 0 N–H and O–H groups in total. The van der Waals surface area contributed by atoms with Gasteiger partial charge in [-0.2, -0.15) is 0 Å². The number of fused-ring (bicyclic) bond motifs is 3. The smallest absolute Gasteiger partial charge is 0.0126 e. The average molecular weight is 470 g/mol. The highest BCUT2D eigenvalue weighted by Crippen LogP contribution is 2.42. The van der Waals surface area contributed by atoms with Crippen molar-refractivity contribution in [3.05, 3.63) is 0 Å². The van der Waals surface area contributed by atoms with E-state index in [1.165, 1.54) is 129 Å². The molecule has 0 spiro atoms. The highest BCUT2D eigenvalue weighted by atomic mass is 15.2. The zero-order chi connectivity index (χ0) is 22.9. The van der Waals surface area contributed by atoms with Crippen molar-refractivity contribution in [1.82, 2.24) is 14.7 Å². The molecule has 3 nitrogen and oxygen atoms in total. The Morgan fingerprint density at radius 2 is 1.18 bits per heavy atom. The van der Waals surface area contributed by atoms with Crippen LogP contribution in [0.2, 0.25) is 0 Å². The fraction of sp³-hybridized carbons (Fsp3) is 1.00. The van der Waals surface area contributed by atoms with Gasteiger partial charge in [0.2, 0.25) is 0 Å². The maximum Gasteiger partial charge on any atom is 0.0126 e. The van der Waals surface area contributed by atoms with Gasteiger partial charge < -0.3 is 4.90 Å². The Morgan fingerprint density at radius 3 is 2.00 bits per heavy atom. The van der Waals surface area contributed by atoms with Crippen molar-refractivity contribution in [2.24, 2.45) is 23.7 Å². The molecule has 0 aliphatic carbocycles. The van der Waals surface area contributed by atoms with Crippen LogP contribution in [0.25, 0.3) is 0 Å². The van der Waals surface area contributed by atoms with Gasteiger partial charge in [0.15, 0.2) is 0 Å². The molecule has 6 aliphatic heterocycles. The van der Waals surface area contributed by atoms with Gasteiger partial charge in [0.1, 0.15) is 0 Å². The molecular formula is C31H55N3. The van der Waals surface area contributed by atoms with Gasteiger partial charge in [-0.3, -0.25) is 9.80 Å². The molecule has 34 heavy (non-hydrogen) atoms. The molecule has 6 saturated heterocycles. The first-order valence-corrected chi connectivity index (χ1v) is 16.0. The minimum Gasteiger partial charge on any atom is -0.300 e. The fourth-order valence-electron chi connectivity index (χ4n) is 10.0. The predicted octanol–water partition coefficient (Wildman–Crippen LogP) is 6.56. The summed E-state index contributed by atoms with van der Waals surface area (Å²) >= 11 is 0. The molecule has 8 unspecified atom stereocenters. The predicted molar refractivity (Wildman–Crippen MR) is 143 cm³/mol. The first-order chi connectivity index (χ1) is 16.7. The van der Waals surface area contributed by atoms with E-state index in [1.54, 1.807) is 12.8 Å². The van der Waals surface area contributed by atoms with Gasteiger partial charge in [-0.05, 0) is 140 Å². The van der Waals surface area contributed by atoms with Crippen LogP contribution in [0.15, 0.2) is 0 Å². The Bertz CT molecular complexity index is 649. The lowest BCUT2D eigenvalue weighted by Gasteiger charge is -2.49. The lowest BCUT2D eigenvalue weighted by molar-refractivity contribution is 0.00530. The third-order valence-corrected chi connectivity index (χ3v) is 11.7. The molecule has 0 aromatic rings. The molecule has 0 amide bonds. The van der Waals surface area contributed by atoms with E-state index in [4.69, 9.17) is 0 Å². The van der Waals surface area contributed by atoms with Crippen molar-refractivity contribution in [3.63, 3.8) is 0 Å². The van der Waals surface area contributed by atoms with E-state index in [2.05, 4.69) is 21.6 Å². The van der Waals surface area contributed by atoms with Gasteiger partial charge in [0, 0.05) is 37.3 Å².